The van der Waals surface area contributed by atoms with Gasteiger partial charge in [-0.25, -0.2) is 0 Å². The largest absolute Gasteiger partial charge is 0.357 e. The van der Waals surface area contributed by atoms with Crippen LogP contribution in [-0.2, 0) is 19.3 Å². The monoisotopic (exact) mass is 1120 g/mol. The topological polar surface area (TPSA) is 115 Å². The van der Waals surface area contributed by atoms with Gasteiger partial charge in [0.2, 0.25) is 0 Å². The van der Waals surface area contributed by atoms with Gasteiger partial charge in [-0.15, -0.1) is 0 Å². The van der Waals surface area contributed by atoms with Crippen molar-refractivity contribution in [2.24, 2.45) is 5.73 Å². The van der Waals surface area contributed by atoms with E-state index in [1.54, 1.807) is 6.92 Å². The summed E-state index contributed by atoms with van der Waals surface area (Å²) in [4.78, 5) is 21.4. The Labute approximate surface area is 437 Å². The van der Waals surface area contributed by atoms with Crippen LogP contribution in [0.25, 0.3) is 32.7 Å². The number of aryl methyl sites for hydroxylation is 3. The number of carbonyl (C=O) groups is 1. The number of halogens is 3. The Bertz CT molecular complexity index is 3040. The van der Waals surface area contributed by atoms with Crippen LogP contribution in [0.1, 0.15) is 145 Å². The van der Waals surface area contributed by atoms with Gasteiger partial charge in [0.05, 0.1) is 0 Å². The number of hydrogen-bond donors (Lipinski definition) is 6. The fourth-order valence-corrected chi connectivity index (χ4v) is 11.7. The van der Waals surface area contributed by atoms with Crippen LogP contribution in [0.4, 0.5) is 0 Å². The number of aromatic amines is 3. The number of nitrogens with two attached hydrogens (primary N) is 1. The second-order valence-corrected chi connectivity index (χ2v) is 21.8. The van der Waals surface area contributed by atoms with Crippen LogP contribution < -0.4 is 16.4 Å². The molecule has 0 saturated carbocycles. The summed E-state index contributed by atoms with van der Waals surface area (Å²) >= 11 is 10.7. The van der Waals surface area contributed by atoms with E-state index < -0.39 is 0 Å². The second kappa shape index (κ2) is 23.0. The molecule has 10 heteroatoms. The number of nitrogens with one attached hydrogen (secondary N) is 5. The lowest BCUT2D eigenvalue weighted by molar-refractivity contribution is 0.101. The van der Waals surface area contributed by atoms with Crippen molar-refractivity contribution in [2.45, 2.75) is 109 Å². The number of aromatic nitrogens is 3. The van der Waals surface area contributed by atoms with E-state index in [1.807, 2.05) is 30.3 Å². The lowest BCUT2D eigenvalue weighted by Gasteiger charge is -2.27. The van der Waals surface area contributed by atoms with Gasteiger partial charge in [0, 0.05) is 99.0 Å². The van der Waals surface area contributed by atoms with Crippen molar-refractivity contribution in [1.82, 2.24) is 25.6 Å². The van der Waals surface area contributed by atoms with Crippen LogP contribution >= 0.6 is 47.8 Å². The van der Waals surface area contributed by atoms with Gasteiger partial charge in [0.1, 0.15) is 0 Å². The summed E-state index contributed by atoms with van der Waals surface area (Å²) in [5.41, 5.74) is 21.7. The molecule has 0 aliphatic heterocycles. The maximum absolute atomic E-state index is 10.6. The summed E-state index contributed by atoms with van der Waals surface area (Å²) < 4.78 is 3.44. The van der Waals surface area contributed by atoms with Gasteiger partial charge in [-0.1, -0.05) is 139 Å². The molecule has 7 N–H and O–H groups in total. The van der Waals surface area contributed by atoms with Gasteiger partial charge >= 0.3 is 0 Å². The molecule has 6 aromatic carbocycles. The highest BCUT2D eigenvalue weighted by Crippen LogP contribution is 2.39. The Hall–Kier alpha value is -5.07. The smallest absolute Gasteiger partial charge is 0.159 e. The number of H-pyrrole nitrogens is 3. The SMILES string of the molecule is CC(=O)c1ccccc1.C[C@@H](N[C@@H]1CCCc2c1[nH]c1ccc(Br)cc21)c1ccccc1.C[C@H](N[C@@H]1CCCc2c1[nH]c1ccc(Br)cc21)c1ccccc1.N[C@@H]1CCCc2c1[nH]c1ccc(Br)cc21. The summed E-state index contributed by atoms with van der Waals surface area (Å²) in [7, 11) is 0. The van der Waals surface area contributed by atoms with Gasteiger partial charge in [-0.05, 0) is 161 Å². The third-order valence-electron chi connectivity index (χ3n) is 14.2. The predicted molar refractivity (Wildman–Crippen MR) is 302 cm³/mol. The number of benzene rings is 6. The summed E-state index contributed by atoms with van der Waals surface area (Å²) in [6.07, 6.45) is 10.7. The molecule has 3 heterocycles. The van der Waals surface area contributed by atoms with E-state index in [1.165, 1.54) is 123 Å². The number of Topliss-reactive ketones (excluding diaryl/α,β-unsaturated/α-hetero) is 1. The Morgan fingerprint density at radius 3 is 1.26 bits per heavy atom. The molecular weight excluding hydrogens is 1060 g/mol. The summed E-state index contributed by atoms with van der Waals surface area (Å²) in [5, 5.41) is 11.7. The Morgan fingerprint density at radius 1 is 0.514 bits per heavy atom. The lowest BCUT2D eigenvalue weighted by atomic mass is 9.91. The van der Waals surface area contributed by atoms with Crippen molar-refractivity contribution in [1.29, 1.82) is 0 Å². The number of rotatable bonds is 7. The molecule has 0 saturated heterocycles. The standard InChI is InChI=1S/2C20H21BrN2.C12H13BrN2.C8H8O/c2*1-13(14-6-3-2-4-7-14)22-19-9-5-8-16-17-12-15(21)10-11-18(17)23-20(16)19;13-7-4-5-11-9(6-7)8-2-1-3-10(14)12(8)15-11;1-7(9)8-5-3-2-4-6-8/h2*2-4,6-7,10-13,19,22-23H,5,8-9H2,1H3;4-6,10,15H,1-3,14H2;2-6H,1H3/t13-,19+;13-,19-;10-;/m011./s1. The highest BCUT2D eigenvalue weighted by atomic mass is 79.9. The number of hydrogen-bond acceptors (Lipinski definition) is 4. The van der Waals surface area contributed by atoms with Crippen LogP contribution in [-0.4, -0.2) is 20.7 Å². The fourth-order valence-electron chi connectivity index (χ4n) is 10.6. The molecule has 5 atom stereocenters. The fraction of sp³-hybridized carbons (Fsp3) is 0.283. The Kier molecular flexibility index (Phi) is 16.4. The van der Waals surface area contributed by atoms with Crippen molar-refractivity contribution in [3.63, 3.8) is 0 Å². The van der Waals surface area contributed by atoms with E-state index in [-0.39, 0.29) is 11.8 Å². The van der Waals surface area contributed by atoms with Gasteiger partial charge in [-0.2, -0.15) is 0 Å². The molecular formula is C60H63Br3N6O. The van der Waals surface area contributed by atoms with Crippen molar-refractivity contribution in [2.75, 3.05) is 0 Å². The zero-order valence-corrected chi connectivity index (χ0v) is 45.0. The first-order valence-electron chi connectivity index (χ1n) is 24.8. The van der Waals surface area contributed by atoms with E-state index in [9.17, 15) is 4.79 Å². The van der Waals surface area contributed by atoms with E-state index in [0.29, 0.717) is 24.2 Å². The maximum atomic E-state index is 10.6. The molecule has 0 amide bonds. The predicted octanol–water partition coefficient (Wildman–Crippen LogP) is 16.5. The molecule has 12 rings (SSSR count). The normalized spacial score (nSPS) is 17.9. The molecule has 70 heavy (non-hydrogen) atoms. The van der Waals surface area contributed by atoms with Crippen molar-refractivity contribution in [3.8, 4) is 0 Å². The van der Waals surface area contributed by atoms with E-state index in [2.05, 4.69) is 202 Å². The summed E-state index contributed by atoms with van der Waals surface area (Å²) in [5.74, 6) is 0.121. The lowest BCUT2D eigenvalue weighted by Crippen LogP contribution is -2.27. The molecule has 3 aromatic heterocycles. The van der Waals surface area contributed by atoms with E-state index >= 15 is 0 Å². The quantitative estimate of drug-likeness (QED) is 0.0892. The molecule has 7 nitrogen and oxygen atoms in total. The highest BCUT2D eigenvalue weighted by Gasteiger charge is 2.27. The molecule has 0 fully saturated rings. The van der Waals surface area contributed by atoms with Crippen molar-refractivity contribution >= 4 is 86.3 Å². The zero-order chi connectivity index (χ0) is 48.7. The average molecular weight is 1120 g/mol. The van der Waals surface area contributed by atoms with Crippen LogP contribution in [0.2, 0.25) is 0 Å². The van der Waals surface area contributed by atoms with E-state index in [4.69, 9.17) is 5.73 Å². The highest BCUT2D eigenvalue weighted by molar-refractivity contribution is 9.11. The first kappa shape index (κ1) is 49.9. The molecule has 9 aromatic rings. The molecule has 3 aliphatic rings. The zero-order valence-electron chi connectivity index (χ0n) is 40.2. The second-order valence-electron chi connectivity index (χ2n) is 19.0. The van der Waals surface area contributed by atoms with Gasteiger partial charge in [-0.3, -0.25) is 4.79 Å². The molecule has 3 aliphatic carbocycles. The average Bonchev–Trinajstić information content (AvgIpc) is 4.08. The minimum Gasteiger partial charge on any atom is -0.357 e. The first-order valence-corrected chi connectivity index (χ1v) is 27.2. The summed E-state index contributed by atoms with van der Waals surface area (Å²) in [6, 6.07) is 51.7. The molecule has 360 valence electrons. The Balaban J connectivity index is 0.000000122. The van der Waals surface area contributed by atoms with Crippen LogP contribution in [0.3, 0.4) is 0 Å². The first-order chi connectivity index (χ1) is 34.0. The van der Waals surface area contributed by atoms with Crippen LogP contribution in [0.5, 0.6) is 0 Å². The third kappa shape index (κ3) is 11.7. The Morgan fingerprint density at radius 2 is 0.871 bits per heavy atom. The van der Waals surface area contributed by atoms with E-state index in [0.717, 1.165) is 31.8 Å². The van der Waals surface area contributed by atoms with Crippen molar-refractivity contribution < 1.29 is 4.79 Å². The molecule has 0 spiro atoms. The van der Waals surface area contributed by atoms with Gasteiger partial charge in [0.15, 0.2) is 5.78 Å². The molecule has 0 unspecified atom stereocenters. The minimum absolute atomic E-state index is 0.121. The van der Waals surface area contributed by atoms with Crippen LogP contribution in [0, 0.1) is 0 Å². The van der Waals surface area contributed by atoms with Crippen molar-refractivity contribution in [3.05, 3.63) is 209 Å². The molecule has 0 bridgehead atoms. The summed E-state index contributed by atoms with van der Waals surface area (Å²) in [6.45, 7) is 6.07. The number of carbonyl (C=O) groups excluding carboxylic acids is 1. The van der Waals surface area contributed by atoms with Crippen LogP contribution in [0.15, 0.2) is 159 Å². The number of fused-ring (bicyclic) bond motifs is 9. The van der Waals surface area contributed by atoms with Gasteiger partial charge in [0.25, 0.3) is 0 Å². The number of ketones is 1. The minimum atomic E-state index is 0.121. The van der Waals surface area contributed by atoms with Gasteiger partial charge < -0.3 is 31.3 Å². The third-order valence-corrected chi connectivity index (χ3v) is 15.7. The molecule has 0 radical (unpaired) electrons. The maximum Gasteiger partial charge on any atom is 0.159 e.